The first-order valence-electron chi connectivity index (χ1n) is 4.23. The third kappa shape index (κ3) is 1.25. The lowest BCUT2D eigenvalue weighted by atomic mass is 10.3. The van der Waals surface area contributed by atoms with E-state index in [2.05, 4.69) is 4.98 Å². The number of fused-ring (bicyclic) bond motifs is 1. The number of methoxy groups -OCH3 is 1. The molecule has 2 rings (SSSR count). The second-order valence-corrected chi connectivity index (χ2v) is 2.99. The summed E-state index contributed by atoms with van der Waals surface area (Å²) in [5, 5.41) is 0. The van der Waals surface area contributed by atoms with Gasteiger partial charge in [-0.2, -0.15) is 0 Å². The third-order valence-electron chi connectivity index (χ3n) is 2.16. The topological polar surface area (TPSA) is 44.1 Å². The van der Waals surface area contributed by atoms with Crippen molar-refractivity contribution in [3.8, 4) is 5.88 Å². The van der Waals surface area contributed by atoms with E-state index in [9.17, 15) is 4.79 Å². The molecule has 0 saturated carbocycles. The van der Waals surface area contributed by atoms with Crippen LogP contribution in [0.15, 0.2) is 29.1 Å². The Morgan fingerprint density at radius 2 is 2.07 bits per heavy atom. The zero-order valence-corrected chi connectivity index (χ0v) is 8.02. The van der Waals surface area contributed by atoms with E-state index in [-0.39, 0.29) is 5.56 Å². The molecule has 4 nitrogen and oxygen atoms in total. The molecule has 0 fully saturated rings. The molecule has 0 bridgehead atoms. The lowest BCUT2D eigenvalue weighted by molar-refractivity contribution is 0.399. The quantitative estimate of drug-likeness (QED) is 0.672. The fourth-order valence-electron chi connectivity index (χ4n) is 1.35. The van der Waals surface area contributed by atoms with Gasteiger partial charge in [-0.25, -0.2) is 4.98 Å². The molecule has 0 atom stereocenters. The first kappa shape index (κ1) is 8.74. The SMILES string of the molecule is COc1ccc2c(ccc(=O)n2C)n1. The molecule has 0 N–H and O–H groups in total. The van der Waals surface area contributed by atoms with Crippen LogP contribution in [-0.2, 0) is 7.05 Å². The molecule has 4 heteroatoms. The van der Waals surface area contributed by atoms with Crippen LogP contribution in [-0.4, -0.2) is 16.7 Å². The van der Waals surface area contributed by atoms with Gasteiger partial charge in [0, 0.05) is 19.2 Å². The molecule has 0 spiro atoms. The molecule has 0 saturated heterocycles. The van der Waals surface area contributed by atoms with E-state index in [1.54, 1.807) is 30.9 Å². The lowest BCUT2D eigenvalue weighted by Crippen LogP contribution is -2.15. The monoisotopic (exact) mass is 190 g/mol. The van der Waals surface area contributed by atoms with Crippen LogP contribution in [0.5, 0.6) is 5.88 Å². The molecule has 2 aromatic rings. The van der Waals surface area contributed by atoms with Crippen LogP contribution in [0.3, 0.4) is 0 Å². The summed E-state index contributed by atoms with van der Waals surface area (Å²) in [6.07, 6.45) is 0. The molecule has 0 amide bonds. The molecular formula is C10H10N2O2. The predicted octanol–water partition coefficient (Wildman–Crippen LogP) is 0.942. The van der Waals surface area contributed by atoms with Crippen LogP contribution in [0.4, 0.5) is 0 Å². The van der Waals surface area contributed by atoms with Gasteiger partial charge in [0.15, 0.2) is 0 Å². The molecule has 0 aliphatic carbocycles. The van der Waals surface area contributed by atoms with E-state index in [1.807, 2.05) is 6.07 Å². The summed E-state index contributed by atoms with van der Waals surface area (Å²) in [4.78, 5) is 15.5. The second kappa shape index (κ2) is 3.14. The highest BCUT2D eigenvalue weighted by Crippen LogP contribution is 2.13. The number of aromatic nitrogens is 2. The average molecular weight is 190 g/mol. The van der Waals surface area contributed by atoms with E-state index in [4.69, 9.17) is 4.74 Å². The Hall–Kier alpha value is -1.84. The van der Waals surface area contributed by atoms with Gasteiger partial charge in [-0.1, -0.05) is 0 Å². The van der Waals surface area contributed by atoms with E-state index < -0.39 is 0 Å². The first-order chi connectivity index (χ1) is 6.72. The summed E-state index contributed by atoms with van der Waals surface area (Å²) in [7, 11) is 3.29. The highest BCUT2D eigenvalue weighted by molar-refractivity contribution is 5.74. The van der Waals surface area contributed by atoms with Crippen LogP contribution in [0.1, 0.15) is 0 Å². The number of hydrogen-bond acceptors (Lipinski definition) is 3. The van der Waals surface area contributed by atoms with Crippen molar-refractivity contribution in [1.82, 2.24) is 9.55 Å². The summed E-state index contributed by atoms with van der Waals surface area (Å²) >= 11 is 0. The number of hydrogen-bond donors (Lipinski definition) is 0. The maximum Gasteiger partial charge on any atom is 0.250 e. The Morgan fingerprint density at radius 3 is 2.79 bits per heavy atom. The zero-order chi connectivity index (χ0) is 10.1. The Balaban J connectivity index is 2.81. The highest BCUT2D eigenvalue weighted by Gasteiger charge is 2.01. The van der Waals surface area contributed by atoms with Crippen molar-refractivity contribution in [3.63, 3.8) is 0 Å². The largest absolute Gasteiger partial charge is 0.481 e. The standard InChI is InChI=1S/C10H10N2O2/c1-12-8-4-5-9(14-2)11-7(8)3-6-10(12)13/h3-6H,1-2H3. The molecule has 0 radical (unpaired) electrons. The third-order valence-corrected chi connectivity index (χ3v) is 2.16. The number of aryl methyl sites for hydroxylation is 1. The molecule has 0 unspecified atom stereocenters. The normalized spacial score (nSPS) is 10.4. The number of pyridine rings is 2. The van der Waals surface area contributed by atoms with Gasteiger partial charge < -0.3 is 9.30 Å². The van der Waals surface area contributed by atoms with E-state index in [1.165, 1.54) is 6.07 Å². The highest BCUT2D eigenvalue weighted by atomic mass is 16.5. The van der Waals surface area contributed by atoms with E-state index in [0.29, 0.717) is 5.88 Å². The fraction of sp³-hybridized carbons (Fsp3) is 0.200. The fourth-order valence-corrected chi connectivity index (χ4v) is 1.35. The van der Waals surface area contributed by atoms with Gasteiger partial charge in [-0.15, -0.1) is 0 Å². The maximum atomic E-state index is 11.3. The molecule has 72 valence electrons. The minimum Gasteiger partial charge on any atom is -0.481 e. The van der Waals surface area contributed by atoms with Crippen LogP contribution < -0.4 is 10.3 Å². The van der Waals surface area contributed by atoms with Gasteiger partial charge in [0.05, 0.1) is 18.1 Å². The van der Waals surface area contributed by atoms with Gasteiger partial charge in [-0.3, -0.25) is 4.79 Å². The van der Waals surface area contributed by atoms with Gasteiger partial charge in [-0.05, 0) is 12.1 Å². The summed E-state index contributed by atoms with van der Waals surface area (Å²) in [5.74, 6) is 0.552. The molecule has 0 aliphatic heterocycles. The maximum absolute atomic E-state index is 11.3. The predicted molar refractivity (Wildman–Crippen MR) is 53.5 cm³/mol. The van der Waals surface area contributed by atoms with Crippen molar-refractivity contribution >= 4 is 11.0 Å². The molecule has 2 aromatic heterocycles. The lowest BCUT2D eigenvalue weighted by Gasteiger charge is -2.04. The van der Waals surface area contributed by atoms with Gasteiger partial charge in [0.1, 0.15) is 0 Å². The van der Waals surface area contributed by atoms with Gasteiger partial charge in [0.2, 0.25) is 5.88 Å². The van der Waals surface area contributed by atoms with Crippen molar-refractivity contribution in [2.75, 3.05) is 7.11 Å². The van der Waals surface area contributed by atoms with Gasteiger partial charge in [0.25, 0.3) is 5.56 Å². The minimum atomic E-state index is -0.0375. The summed E-state index contributed by atoms with van der Waals surface area (Å²) in [6, 6.07) is 6.75. The van der Waals surface area contributed by atoms with Crippen LogP contribution in [0.25, 0.3) is 11.0 Å². The number of rotatable bonds is 1. The molecule has 2 heterocycles. The summed E-state index contributed by atoms with van der Waals surface area (Å²) in [5.41, 5.74) is 1.52. The number of ether oxygens (including phenoxy) is 1. The molecule has 0 aliphatic rings. The van der Waals surface area contributed by atoms with Gasteiger partial charge >= 0.3 is 0 Å². The Labute approximate surface area is 80.8 Å². The average Bonchev–Trinajstić information content (AvgIpc) is 2.23. The van der Waals surface area contributed by atoms with E-state index >= 15 is 0 Å². The molecular weight excluding hydrogens is 180 g/mol. The van der Waals surface area contributed by atoms with Crippen molar-refractivity contribution in [2.24, 2.45) is 7.05 Å². The zero-order valence-electron chi connectivity index (χ0n) is 8.02. The van der Waals surface area contributed by atoms with Crippen LogP contribution >= 0.6 is 0 Å². The Kier molecular flexibility index (Phi) is 1.96. The van der Waals surface area contributed by atoms with Crippen LogP contribution in [0.2, 0.25) is 0 Å². The Bertz CT molecular complexity index is 531. The summed E-state index contributed by atoms with van der Waals surface area (Å²) < 4.78 is 6.55. The van der Waals surface area contributed by atoms with E-state index in [0.717, 1.165) is 11.0 Å². The Morgan fingerprint density at radius 1 is 1.29 bits per heavy atom. The van der Waals surface area contributed by atoms with Crippen molar-refractivity contribution in [1.29, 1.82) is 0 Å². The van der Waals surface area contributed by atoms with Crippen molar-refractivity contribution < 1.29 is 4.74 Å². The molecule has 0 aromatic carbocycles. The minimum absolute atomic E-state index is 0.0375. The van der Waals surface area contributed by atoms with Crippen LogP contribution in [0, 0.1) is 0 Å². The summed E-state index contributed by atoms with van der Waals surface area (Å²) in [6.45, 7) is 0. The smallest absolute Gasteiger partial charge is 0.250 e. The first-order valence-corrected chi connectivity index (χ1v) is 4.23. The molecule has 14 heavy (non-hydrogen) atoms. The number of nitrogens with zero attached hydrogens (tertiary/aromatic N) is 2. The second-order valence-electron chi connectivity index (χ2n) is 2.99. The van der Waals surface area contributed by atoms with Crippen molar-refractivity contribution in [3.05, 3.63) is 34.6 Å². The van der Waals surface area contributed by atoms with Crippen molar-refractivity contribution in [2.45, 2.75) is 0 Å².